The molecule has 100 valence electrons. The molecule has 2 unspecified atom stereocenters. The van der Waals surface area contributed by atoms with E-state index >= 15 is 0 Å². The van der Waals surface area contributed by atoms with Crippen LogP contribution in [0.5, 0.6) is 0 Å². The summed E-state index contributed by atoms with van der Waals surface area (Å²) in [6.07, 6.45) is 2.87. The molecule has 1 aliphatic rings. The van der Waals surface area contributed by atoms with Crippen LogP contribution in [0.2, 0.25) is 0 Å². The molecule has 0 saturated heterocycles. The van der Waals surface area contributed by atoms with Crippen LogP contribution in [0.3, 0.4) is 0 Å². The third kappa shape index (κ3) is 2.49. The first-order valence-electron chi connectivity index (χ1n) is 6.61. The van der Waals surface area contributed by atoms with Gasteiger partial charge in [-0.2, -0.15) is 0 Å². The number of aromatic nitrogens is 1. The summed E-state index contributed by atoms with van der Waals surface area (Å²) >= 11 is 0. The molecule has 2 atom stereocenters. The van der Waals surface area contributed by atoms with E-state index in [1.807, 2.05) is 18.3 Å². The zero-order valence-corrected chi connectivity index (χ0v) is 11.0. The first-order valence-corrected chi connectivity index (χ1v) is 6.61. The molecule has 1 aromatic heterocycles. The number of hydrogen-bond donors (Lipinski definition) is 2. The first-order chi connectivity index (χ1) is 9.15. The van der Waals surface area contributed by atoms with Gasteiger partial charge in [0.2, 0.25) is 0 Å². The van der Waals surface area contributed by atoms with Gasteiger partial charge in [-0.3, -0.25) is 4.79 Å². The van der Waals surface area contributed by atoms with Crippen molar-refractivity contribution in [1.29, 1.82) is 0 Å². The summed E-state index contributed by atoms with van der Waals surface area (Å²) in [6, 6.07) is 8.25. The number of aromatic amines is 1. The number of hydrogen-bond acceptors (Lipinski definition) is 2. The lowest BCUT2D eigenvalue weighted by molar-refractivity contribution is -0.138. The molecule has 0 aliphatic heterocycles. The van der Waals surface area contributed by atoms with Gasteiger partial charge in [-0.05, 0) is 31.0 Å². The molecule has 2 N–H and O–H groups in total. The summed E-state index contributed by atoms with van der Waals surface area (Å²) in [5, 5.41) is 10.2. The predicted octanol–water partition coefficient (Wildman–Crippen LogP) is 2.32. The second-order valence-corrected chi connectivity index (χ2v) is 5.50. The molecular formula is C15H18N2O2. The van der Waals surface area contributed by atoms with Gasteiger partial charge in [0.05, 0.1) is 5.92 Å². The maximum absolute atomic E-state index is 10.8. The molecule has 1 aromatic carbocycles. The lowest BCUT2D eigenvalue weighted by Gasteiger charge is -2.15. The summed E-state index contributed by atoms with van der Waals surface area (Å²) in [5.41, 5.74) is 2.42. The number of benzene rings is 1. The highest BCUT2D eigenvalue weighted by Crippen LogP contribution is 2.39. The Labute approximate surface area is 112 Å². The van der Waals surface area contributed by atoms with Gasteiger partial charge in [-0.1, -0.05) is 18.2 Å². The Bertz CT molecular complexity index is 605. The highest BCUT2D eigenvalue weighted by molar-refractivity contribution is 5.82. The largest absolute Gasteiger partial charge is 0.481 e. The quantitative estimate of drug-likeness (QED) is 0.865. The second kappa shape index (κ2) is 4.70. The molecule has 2 aromatic rings. The number of nitrogens with one attached hydrogen (secondary N) is 1. The van der Waals surface area contributed by atoms with E-state index in [0.29, 0.717) is 5.92 Å². The Morgan fingerprint density at radius 1 is 1.47 bits per heavy atom. The molecule has 1 heterocycles. The summed E-state index contributed by atoms with van der Waals surface area (Å²) in [5.74, 6) is -0.441. The second-order valence-electron chi connectivity index (χ2n) is 5.50. The molecule has 0 amide bonds. The van der Waals surface area contributed by atoms with Gasteiger partial charge >= 0.3 is 5.97 Å². The van der Waals surface area contributed by atoms with E-state index in [0.717, 1.165) is 25.0 Å². The fourth-order valence-corrected chi connectivity index (χ4v) is 2.77. The number of para-hydroxylation sites is 1. The van der Waals surface area contributed by atoms with Gasteiger partial charge in [0.25, 0.3) is 0 Å². The van der Waals surface area contributed by atoms with Gasteiger partial charge in [-0.25, -0.2) is 0 Å². The van der Waals surface area contributed by atoms with Crippen molar-refractivity contribution >= 4 is 16.9 Å². The Kier molecular flexibility index (Phi) is 3.03. The fraction of sp³-hybridized carbons (Fsp3) is 0.400. The fourth-order valence-electron chi connectivity index (χ4n) is 2.77. The van der Waals surface area contributed by atoms with E-state index in [1.54, 1.807) is 0 Å². The Hall–Kier alpha value is -1.81. The average molecular weight is 258 g/mol. The van der Waals surface area contributed by atoms with Crippen LogP contribution in [0.1, 0.15) is 12.0 Å². The average Bonchev–Trinajstić information content (AvgIpc) is 3.03. The standard InChI is InChI=1S/C15H18N2O2/c1-17(8-10-6-13(10)15(18)19)9-11-7-16-14-5-3-2-4-12(11)14/h2-5,7,10,13,16H,6,8-9H2,1H3,(H,18,19). The number of carboxylic acids is 1. The summed E-state index contributed by atoms with van der Waals surface area (Å²) < 4.78 is 0. The minimum absolute atomic E-state index is 0.120. The third-order valence-corrected chi connectivity index (χ3v) is 3.90. The predicted molar refractivity (Wildman–Crippen MR) is 73.9 cm³/mol. The Morgan fingerprint density at radius 2 is 2.26 bits per heavy atom. The van der Waals surface area contributed by atoms with E-state index in [2.05, 4.69) is 29.1 Å². The van der Waals surface area contributed by atoms with Crippen molar-refractivity contribution in [2.24, 2.45) is 11.8 Å². The number of aliphatic carboxylic acids is 1. The van der Waals surface area contributed by atoms with Crippen LogP contribution in [0.25, 0.3) is 10.9 Å². The van der Waals surface area contributed by atoms with Crippen LogP contribution in [0.4, 0.5) is 0 Å². The molecule has 4 nitrogen and oxygen atoms in total. The normalized spacial score (nSPS) is 22.0. The smallest absolute Gasteiger partial charge is 0.306 e. The Balaban J connectivity index is 1.63. The van der Waals surface area contributed by atoms with Crippen molar-refractivity contribution < 1.29 is 9.90 Å². The highest BCUT2D eigenvalue weighted by atomic mass is 16.4. The SMILES string of the molecule is CN(Cc1c[nH]c2ccccc12)CC1CC1C(=O)O. The van der Waals surface area contributed by atoms with Crippen LogP contribution >= 0.6 is 0 Å². The van der Waals surface area contributed by atoms with Crippen LogP contribution in [0, 0.1) is 11.8 Å². The molecule has 0 spiro atoms. The van der Waals surface area contributed by atoms with Crippen molar-refractivity contribution in [3.63, 3.8) is 0 Å². The molecule has 1 fully saturated rings. The van der Waals surface area contributed by atoms with Crippen molar-refractivity contribution in [3.05, 3.63) is 36.0 Å². The first kappa shape index (κ1) is 12.2. The van der Waals surface area contributed by atoms with Gasteiger partial charge in [0, 0.05) is 30.2 Å². The van der Waals surface area contributed by atoms with Crippen LogP contribution < -0.4 is 0 Å². The number of fused-ring (bicyclic) bond motifs is 1. The third-order valence-electron chi connectivity index (χ3n) is 3.90. The van der Waals surface area contributed by atoms with E-state index in [9.17, 15) is 4.79 Å². The summed E-state index contributed by atoms with van der Waals surface area (Å²) in [7, 11) is 2.05. The molecule has 1 aliphatic carbocycles. The number of nitrogens with zero attached hydrogens (tertiary/aromatic N) is 1. The maximum atomic E-state index is 10.8. The van der Waals surface area contributed by atoms with Crippen molar-refractivity contribution in [1.82, 2.24) is 9.88 Å². The minimum atomic E-state index is -0.648. The van der Waals surface area contributed by atoms with Crippen molar-refractivity contribution in [2.45, 2.75) is 13.0 Å². The molecular weight excluding hydrogens is 240 g/mol. The molecule has 1 saturated carbocycles. The van der Waals surface area contributed by atoms with Crippen LogP contribution in [-0.4, -0.2) is 34.6 Å². The van der Waals surface area contributed by atoms with Gasteiger partial charge in [-0.15, -0.1) is 0 Å². The monoisotopic (exact) mass is 258 g/mol. The molecule has 0 radical (unpaired) electrons. The number of H-pyrrole nitrogens is 1. The molecule has 0 bridgehead atoms. The Morgan fingerprint density at radius 3 is 3.00 bits per heavy atom. The van der Waals surface area contributed by atoms with Gasteiger partial charge in [0.1, 0.15) is 0 Å². The minimum Gasteiger partial charge on any atom is -0.481 e. The van der Waals surface area contributed by atoms with Crippen molar-refractivity contribution in [3.8, 4) is 0 Å². The van der Waals surface area contributed by atoms with Crippen LogP contribution in [-0.2, 0) is 11.3 Å². The van der Waals surface area contributed by atoms with Gasteiger partial charge in [0.15, 0.2) is 0 Å². The topological polar surface area (TPSA) is 56.3 Å². The highest BCUT2D eigenvalue weighted by Gasteiger charge is 2.43. The maximum Gasteiger partial charge on any atom is 0.306 e. The van der Waals surface area contributed by atoms with E-state index in [-0.39, 0.29) is 5.92 Å². The molecule has 3 rings (SSSR count). The van der Waals surface area contributed by atoms with Crippen molar-refractivity contribution in [2.75, 3.05) is 13.6 Å². The lowest BCUT2D eigenvalue weighted by Crippen LogP contribution is -2.21. The number of rotatable bonds is 5. The molecule has 4 heteroatoms. The zero-order chi connectivity index (χ0) is 13.4. The zero-order valence-electron chi connectivity index (χ0n) is 11.0. The number of carbonyl (C=O) groups is 1. The van der Waals surface area contributed by atoms with E-state index < -0.39 is 5.97 Å². The summed E-state index contributed by atoms with van der Waals surface area (Å²) in [4.78, 5) is 16.3. The van der Waals surface area contributed by atoms with E-state index in [4.69, 9.17) is 5.11 Å². The number of carboxylic acid groups (broad SMARTS) is 1. The lowest BCUT2D eigenvalue weighted by atomic mass is 10.1. The van der Waals surface area contributed by atoms with Crippen LogP contribution in [0.15, 0.2) is 30.5 Å². The van der Waals surface area contributed by atoms with E-state index in [1.165, 1.54) is 10.9 Å². The molecule has 19 heavy (non-hydrogen) atoms. The van der Waals surface area contributed by atoms with Gasteiger partial charge < -0.3 is 15.0 Å². The summed E-state index contributed by atoms with van der Waals surface area (Å²) in [6.45, 7) is 1.71.